The number of fused-ring (bicyclic) bond motifs is 3. The molecule has 144 valence electrons. The number of hydrogen-bond acceptors (Lipinski definition) is 2. The Balaban J connectivity index is 2.12. The fourth-order valence-electron chi connectivity index (χ4n) is 3.06. The van der Waals surface area contributed by atoms with Gasteiger partial charge in [0.05, 0.1) is 17.4 Å². The van der Waals surface area contributed by atoms with E-state index in [1.54, 1.807) is 6.08 Å². The zero-order valence-corrected chi connectivity index (χ0v) is 15.0. The van der Waals surface area contributed by atoms with E-state index in [9.17, 15) is 17.6 Å². The normalized spacial score (nSPS) is 11.4. The Morgan fingerprint density at radius 1 is 0.963 bits per heavy atom. The number of allylic oxidation sites excluding steroid dienone is 1. The maximum Gasteiger partial charge on any atom is 0.201 e. The van der Waals surface area contributed by atoms with Crippen molar-refractivity contribution in [1.29, 1.82) is 0 Å². The molecular formula is C21H20F4O2. The lowest BCUT2D eigenvalue weighted by atomic mass is 10.0. The van der Waals surface area contributed by atoms with Crippen LogP contribution in [0.25, 0.3) is 21.9 Å². The first-order valence-electron chi connectivity index (χ1n) is 8.94. The maximum atomic E-state index is 14.6. The van der Waals surface area contributed by atoms with E-state index in [1.807, 2.05) is 6.92 Å². The number of hydrogen-bond donors (Lipinski definition) is 0. The number of furan rings is 1. The van der Waals surface area contributed by atoms with E-state index in [4.69, 9.17) is 9.15 Å². The second-order valence-corrected chi connectivity index (χ2v) is 6.40. The van der Waals surface area contributed by atoms with Gasteiger partial charge < -0.3 is 9.15 Å². The van der Waals surface area contributed by atoms with Crippen LogP contribution in [0.15, 0.2) is 29.2 Å². The van der Waals surface area contributed by atoms with Gasteiger partial charge in [0.1, 0.15) is 11.2 Å². The van der Waals surface area contributed by atoms with Gasteiger partial charge in [0.25, 0.3) is 0 Å². The molecule has 0 bridgehead atoms. The molecule has 0 atom stereocenters. The summed E-state index contributed by atoms with van der Waals surface area (Å²) in [4.78, 5) is 0. The summed E-state index contributed by atoms with van der Waals surface area (Å²) in [6.45, 7) is 5.79. The zero-order valence-electron chi connectivity index (χ0n) is 15.0. The lowest BCUT2D eigenvalue weighted by Gasteiger charge is -2.08. The molecule has 0 unspecified atom stereocenters. The van der Waals surface area contributed by atoms with Crippen molar-refractivity contribution < 1.29 is 26.7 Å². The number of unbranched alkanes of at least 4 members (excludes halogenated alkanes) is 2. The molecule has 2 nitrogen and oxygen atoms in total. The Hall–Kier alpha value is -2.50. The standard InChI is InChI=1S/C21H20F4O2/c1-3-5-7-9-26-15-11-14-17(21(25)19(15)23)16-13(27-14)10-12(8-6-4-2)18(22)20(16)24/h4,10-11H,2-3,5-9H2,1H3. The van der Waals surface area contributed by atoms with E-state index >= 15 is 0 Å². The van der Waals surface area contributed by atoms with Gasteiger partial charge in [0.2, 0.25) is 5.82 Å². The lowest BCUT2D eigenvalue weighted by molar-refractivity contribution is 0.287. The average molecular weight is 380 g/mol. The van der Waals surface area contributed by atoms with Crippen molar-refractivity contribution >= 4 is 21.9 Å². The number of rotatable bonds is 8. The minimum atomic E-state index is -1.31. The van der Waals surface area contributed by atoms with Crippen LogP contribution in [0.5, 0.6) is 5.75 Å². The largest absolute Gasteiger partial charge is 0.490 e. The van der Waals surface area contributed by atoms with Gasteiger partial charge >= 0.3 is 0 Å². The van der Waals surface area contributed by atoms with E-state index in [0.717, 1.165) is 12.8 Å². The van der Waals surface area contributed by atoms with Crippen LogP contribution in [0, 0.1) is 23.3 Å². The van der Waals surface area contributed by atoms with Crippen LogP contribution in [0.3, 0.4) is 0 Å². The van der Waals surface area contributed by atoms with E-state index in [1.165, 1.54) is 12.1 Å². The summed E-state index contributed by atoms with van der Waals surface area (Å²) in [7, 11) is 0. The van der Waals surface area contributed by atoms with Gasteiger partial charge in [0.15, 0.2) is 23.2 Å². The second-order valence-electron chi connectivity index (χ2n) is 6.40. The number of halogens is 4. The highest BCUT2D eigenvalue weighted by Crippen LogP contribution is 2.38. The molecule has 3 aromatic rings. The van der Waals surface area contributed by atoms with Crippen molar-refractivity contribution in [2.75, 3.05) is 6.61 Å². The molecule has 0 aliphatic heterocycles. The van der Waals surface area contributed by atoms with Gasteiger partial charge in [-0.15, -0.1) is 6.58 Å². The molecule has 0 saturated heterocycles. The van der Waals surface area contributed by atoms with Crippen LogP contribution in [-0.4, -0.2) is 6.61 Å². The molecule has 0 aliphatic rings. The van der Waals surface area contributed by atoms with Gasteiger partial charge in [-0.3, -0.25) is 0 Å². The van der Waals surface area contributed by atoms with Crippen LogP contribution in [0.2, 0.25) is 0 Å². The van der Waals surface area contributed by atoms with Crippen molar-refractivity contribution in [2.45, 2.75) is 39.0 Å². The van der Waals surface area contributed by atoms with Gasteiger partial charge in [0, 0.05) is 6.07 Å². The van der Waals surface area contributed by atoms with E-state index in [0.29, 0.717) is 12.8 Å². The monoisotopic (exact) mass is 380 g/mol. The Morgan fingerprint density at radius 2 is 1.63 bits per heavy atom. The molecule has 0 saturated carbocycles. The second kappa shape index (κ2) is 8.03. The van der Waals surface area contributed by atoms with Gasteiger partial charge in [-0.05, 0) is 30.9 Å². The first kappa shape index (κ1) is 19.3. The predicted octanol–water partition coefficient (Wildman–Crippen LogP) is 6.83. The SMILES string of the molecule is C=CCCc1cc2oc3cc(OCCCCC)c(F)c(F)c3c2c(F)c1F. The zero-order chi connectivity index (χ0) is 19.6. The molecule has 0 spiro atoms. The third-order valence-electron chi connectivity index (χ3n) is 4.48. The summed E-state index contributed by atoms with van der Waals surface area (Å²) in [6, 6.07) is 2.50. The minimum Gasteiger partial charge on any atom is -0.490 e. The molecule has 0 radical (unpaired) electrons. The highest BCUT2D eigenvalue weighted by atomic mass is 19.2. The lowest BCUT2D eigenvalue weighted by Crippen LogP contribution is -2.01. The third kappa shape index (κ3) is 3.53. The van der Waals surface area contributed by atoms with E-state index in [-0.39, 0.29) is 35.5 Å². The molecule has 3 rings (SSSR count). The molecule has 1 aromatic heterocycles. The summed E-state index contributed by atoms with van der Waals surface area (Å²) in [5.74, 6) is -5.19. The fourth-order valence-corrected chi connectivity index (χ4v) is 3.06. The molecule has 6 heteroatoms. The molecule has 0 fully saturated rings. The summed E-state index contributed by atoms with van der Waals surface area (Å²) < 4.78 is 68.6. The first-order valence-corrected chi connectivity index (χ1v) is 8.94. The van der Waals surface area contributed by atoms with Crippen LogP contribution in [0.1, 0.15) is 38.2 Å². The Morgan fingerprint density at radius 3 is 2.30 bits per heavy atom. The molecule has 0 N–H and O–H groups in total. The molecule has 0 aliphatic carbocycles. The maximum absolute atomic E-state index is 14.6. The van der Waals surface area contributed by atoms with Crippen molar-refractivity contribution in [3.8, 4) is 5.75 Å². The van der Waals surface area contributed by atoms with Crippen molar-refractivity contribution in [2.24, 2.45) is 0 Å². The van der Waals surface area contributed by atoms with Crippen molar-refractivity contribution in [3.63, 3.8) is 0 Å². The Kier molecular flexibility index (Phi) is 5.73. The van der Waals surface area contributed by atoms with E-state index < -0.39 is 34.0 Å². The number of ether oxygens (including phenoxy) is 1. The highest BCUT2D eigenvalue weighted by Gasteiger charge is 2.25. The van der Waals surface area contributed by atoms with Crippen molar-refractivity contribution in [3.05, 3.63) is 53.6 Å². The van der Waals surface area contributed by atoms with Gasteiger partial charge in [-0.25, -0.2) is 13.2 Å². The highest BCUT2D eigenvalue weighted by molar-refractivity contribution is 6.06. The third-order valence-corrected chi connectivity index (χ3v) is 4.48. The Labute approximate surface area is 154 Å². The summed E-state index contributed by atoms with van der Waals surface area (Å²) in [6.07, 6.45) is 4.80. The minimum absolute atomic E-state index is 0.0376. The van der Waals surface area contributed by atoms with Gasteiger partial charge in [-0.2, -0.15) is 4.39 Å². The van der Waals surface area contributed by atoms with Crippen LogP contribution >= 0.6 is 0 Å². The van der Waals surface area contributed by atoms with Gasteiger partial charge in [-0.1, -0.05) is 25.8 Å². The van der Waals surface area contributed by atoms with Crippen LogP contribution in [-0.2, 0) is 6.42 Å². The summed E-state index contributed by atoms with van der Waals surface area (Å²) >= 11 is 0. The topological polar surface area (TPSA) is 22.4 Å². The van der Waals surface area contributed by atoms with Crippen molar-refractivity contribution in [1.82, 2.24) is 0 Å². The number of aryl methyl sites for hydroxylation is 1. The average Bonchev–Trinajstić information content (AvgIpc) is 3.02. The number of benzene rings is 2. The molecule has 1 heterocycles. The smallest absolute Gasteiger partial charge is 0.201 e. The summed E-state index contributed by atoms with van der Waals surface area (Å²) in [5.41, 5.74) is -0.0335. The fraction of sp³-hybridized carbons (Fsp3) is 0.333. The quantitative estimate of drug-likeness (QED) is 0.243. The summed E-state index contributed by atoms with van der Waals surface area (Å²) in [5, 5.41) is -0.825. The molecule has 2 aromatic carbocycles. The van der Waals surface area contributed by atoms with Crippen LogP contribution in [0.4, 0.5) is 17.6 Å². The molecule has 0 amide bonds. The first-order chi connectivity index (χ1) is 13.0. The molecule has 27 heavy (non-hydrogen) atoms. The Bertz CT molecular complexity index is 991. The molecular weight excluding hydrogens is 360 g/mol. The van der Waals surface area contributed by atoms with Crippen LogP contribution < -0.4 is 4.74 Å². The van der Waals surface area contributed by atoms with E-state index in [2.05, 4.69) is 6.58 Å². The predicted molar refractivity (Wildman–Crippen MR) is 97.1 cm³/mol.